The van der Waals surface area contributed by atoms with E-state index < -0.39 is 0 Å². The van der Waals surface area contributed by atoms with Gasteiger partial charge < -0.3 is 9.47 Å². The number of carbonyl (C=O) groups is 2. The van der Waals surface area contributed by atoms with Crippen LogP contribution in [0.3, 0.4) is 0 Å². The predicted octanol–water partition coefficient (Wildman–Crippen LogP) is 3.40. The minimum Gasteiger partial charge on any atom is -0.465 e. The zero-order valence-electron chi connectivity index (χ0n) is 12.4. The van der Waals surface area contributed by atoms with Gasteiger partial charge in [-0.2, -0.15) is 0 Å². The summed E-state index contributed by atoms with van der Waals surface area (Å²) >= 11 is 0. The summed E-state index contributed by atoms with van der Waals surface area (Å²) in [7, 11) is 0. The van der Waals surface area contributed by atoms with Crippen LogP contribution in [-0.2, 0) is 19.1 Å². The molecule has 1 aliphatic rings. The van der Waals surface area contributed by atoms with Gasteiger partial charge in [-0.15, -0.1) is 6.58 Å². The second-order valence-corrected chi connectivity index (χ2v) is 5.51. The summed E-state index contributed by atoms with van der Waals surface area (Å²) in [6.07, 6.45) is 8.39. The molecule has 1 unspecified atom stereocenters. The molecule has 0 spiro atoms. The van der Waals surface area contributed by atoms with E-state index in [9.17, 15) is 9.59 Å². The summed E-state index contributed by atoms with van der Waals surface area (Å²) in [4.78, 5) is 23.0. The Morgan fingerprint density at radius 1 is 1.20 bits per heavy atom. The van der Waals surface area contributed by atoms with Crippen molar-refractivity contribution in [3.63, 3.8) is 0 Å². The fourth-order valence-corrected chi connectivity index (χ4v) is 2.41. The first-order valence-electron chi connectivity index (χ1n) is 7.57. The Labute approximate surface area is 121 Å². The highest BCUT2D eigenvalue weighted by molar-refractivity contribution is 5.77. The monoisotopic (exact) mass is 282 g/mol. The number of hydrogen-bond acceptors (Lipinski definition) is 4. The Hall–Kier alpha value is -1.32. The van der Waals surface area contributed by atoms with Gasteiger partial charge in [-0.25, -0.2) is 0 Å². The van der Waals surface area contributed by atoms with Gasteiger partial charge >= 0.3 is 11.9 Å². The number of esters is 2. The Kier molecular flexibility index (Phi) is 8.00. The van der Waals surface area contributed by atoms with Crippen molar-refractivity contribution in [1.82, 2.24) is 0 Å². The van der Waals surface area contributed by atoms with Crippen molar-refractivity contribution in [3.05, 3.63) is 12.7 Å². The maximum atomic E-state index is 11.6. The lowest BCUT2D eigenvalue weighted by Gasteiger charge is -2.21. The van der Waals surface area contributed by atoms with E-state index in [1.54, 1.807) is 13.0 Å². The minimum atomic E-state index is -0.353. The average Bonchev–Trinajstić information content (AvgIpc) is 2.44. The second kappa shape index (κ2) is 9.56. The van der Waals surface area contributed by atoms with Gasteiger partial charge in [0, 0.05) is 6.42 Å². The van der Waals surface area contributed by atoms with E-state index in [-0.39, 0.29) is 30.9 Å². The third kappa shape index (κ3) is 7.31. The third-order valence-corrected chi connectivity index (χ3v) is 3.57. The van der Waals surface area contributed by atoms with Crippen LogP contribution >= 0.6 is 0 Å². The van der Waals surface area contributed by atoms with Crippen molar-refractivity contribution in [2.24, 2.45) is 5.92 Å². The van der Waals surface area contributed by atoms with Crippen LogP contribution in [0, 0.1) is 5.92 Å². The van der Waals surface area contributed by atoms with Crippen LogP contribution in [0.5, 0.6) is 0 Å². The number of ether oxygens (including phenoxy) is 2. The van der Waals surface area contributed by atoms with E-state index >= 15 is 0 Å². The van der Waals surface area contributed by atoms with Gasteiger partial charge in [0.2, 0.25) is 0 Å². The molecule has 1 saturated carbocycles. The molecule has 0 radical (unpaired) electrons. The number of carbonyl (C=O) groups excluding carboxylic acids is 2. The molecule has 0 amide bonds. The Morgan fingerprint density at radius 2 is 1.85 bits per heavy atom. The lowest BCUT2D eigenvalue weighted by molar-refractivity contribution is -0.153. The van der Waals surface area contributed by atoms with E-state index in [0.717, 1.165) is 12.8 Å². The van der Waals surface area contributed by atoms with Crippen molar-refractivity contribution in [3.8, 4) is 0 Å². The van der Waals surface area contributed by atoms with E-state index in [0.29, 0.717) is 18.9 Å². The van der Waals surface area contributed by atoms with E-state index in [1.807, 2.05) is 0 Å². The van der Waals surface area contributed by atoms with Crippen molar-refractivity contribution in [2.45, 2.75) is 64.4 Å². The van der Waals surface area contributed by atoms with Crippen molar-refractivity contribution in [2.75, 3.05) is 6.61 Å². The molecule has 20 heavy (non-hydrogen) atoms. The van der Waals surface area contributed by atoms with E-state index in [4.69, 9.17) is 9.47 Å². The van der Waals surface area contributed by atoms with Gasteiger partial charge in [-0.1, -0.05) is 25.3 Å². The molecule has 0 N–H and O–H groups in total. The number of hydrogen-bond donors (Lipinski definition) is 0. The molecule has 4 heteroatoms. The fourth-order valence-electron chi connectivity index (χ4n) is 2.41. The lowest BCUT2D eigenvalue weighted by atomic mass is 9.90. The first-order chi connectivity index (χ1) is 9.61. The van der Waals surface area contributed by atoms with Crippen LogP contribution in [0.2, 0.25) is 0 Å². The minimum absolute atomic E-state index is 0.0883. The topological polar surface area (TPSA) is 52.6 Å². The second-order valence-electron chi connectivity index (χ2n) is 5.51. The van der Waals surface area contributed by atoms with Crippen LogP contribution < -0.4 is 0 Å². The standard InChI is InChI=1S/C16H26O4/c1-3-7-13(2)20-16(18)11-10-15(17)19-12-14-8-5-4-6-9-14/h3,13-14H,1,4-12H2,2H3. The molecule has 1 rings (SSSR count). The Balaban J connectivity index is 2.09. The molecule has 1 aliphatic carbocycles. The zero-order chi connectivity index (χ0) is 14.8. The predicted molar refractivity (Wildman–Crippen MR) is 77.1 cm³/mol. The van der Waals surface area contributed by atoms with Crippen LogP contribution in [0.15, 0.2) is 12.7 Å². The van der Waals surface area contributed by atoms with Gasteiger partial charge in [0.15, 0.2) is 0 Å². The highest BCUT2D eigenvalue weighted by atomic mass is 16.5. The van der Waals surface area contributed by atoms with Crippen LogP contribution in [0.4, 0.5) is 0 Å². The molecule has 1 atom stereocenters. The lowest BCUT2D eigenvalue weighted by Crippen LogP contribution is -2.18. The maximum Gasteiger partial charge on any atom is 0.306 e. The molecule has 0 bridgehead atoms. The molecule has 0 aliphatic heterocycles. The van der Waals surface area contributed by atoms with Crippen molar-refractivity contribution < 1.29 is 19.1 Å². The summed E-state index contributed by atoms with van der Waals surface area (Å²) in [5.41, 5.74) is 0. The molecule has 4 nitrogen and oxygen atoms in total. The highest BCUT2D eigenvalue weighted by Crippen LogP contribution is 2.23. The summed E-state index contributed by atoms with van der Waals surface area (Å²) in [6.45, 7) is 5.89. The van der Waals surface area contributed by atoms with Crippen LogP contribution in [0.25, 0.3) is 0 Å². The average molecular weight is 282 g/mol. The zero-order valence-corrected chi connectivity index (χ0v) is 12.4. The smallest absolute Gasteiger partial charge is 0.306 e. The van der Waals surface area contributed by atoms with Crippen LogP contribution in [0.1, 0.15) is 58.3 Å². The molecule has 0 heterocycles. The largest absolute Gasteiger partial charge is 0.465 e. The normalized spacial score (nSPS) is 17.2. The Morgan fingerprint density at radius 3 is 2.50 bits per heavy atom. The Bertz CT molecular complexity index is 318. The molecule has 0 aromatic carbocycles. The molecular formula is C16H26O4. The molecule has 0 saturated heterocycles. The third-order valence-electron chi connectivity index (χ3n) is 3.57. The first-order valence-corrected chi connectivity index (χ1v) is 7.57. The summed E-state index contributed by atoms with van der Waals surface area (Å²) < 4.78 is 10.3. The molecular weight excluding hydrogens is 256 g/mol. The van der Waals surface area contributed by atoms with Gasteiger partial charge in [0.05, 0.1) is 19.4 Å². The quantitative estimate of drug-likeness (QED) is 0.506. The van der Waals surface area contributed by atoms with Crippen molar-refractivity contribution >= 4 is 11.9 Å². The fraction of sp³-hybridized carbons (Fsp3) is 0.750. The number of rotatable bonds is 8. The van der Waals surface area contributed by atoms with Gasteiger partial charge in [0.1, 0.15) is 6.10 Å². The maximum absolute atomic E-state index is 11.6. The van der Waals surface area contributed by atoms with Gasteiger partial charge in [-0.3, -0.25) is 9.59 Å². The SMILES string of the molecule is C=CCC(C)OC(=O)CCC(=O)OCC1CCCCC1. The van der Waals surface area contributed by atoms with E-state index in [2.05, 4.69) is 6.58 Å². The summed E-state index contributed by atoms with van der Waals surface area (Å²) in [5.74, 6) is -0.148. The summed E-state index contributed by atoms with van der Waals surface area (Å²) in [5, 5.41) is 0. The van der Waals surface area contributed by atoms with Gasteiger partial charge in [-0.05, 0) is 25.7 Å². The highest BCUT2D eigenvalue weighted by Gasteiger charge is 2.16. The summed E-state index contributed by atoms with van der Waals surface area (Å²) in [6, 6.07) is 0. The van der Waals surface area contributed by atoms with E-state index in [1.165, 1.54) is 19.3 Å². The van der Waals surface area contributed by atoms with Crippen LogP contribution in [-0.4, -0.2) is 24.6 Å². The molecule has 0 aromatic rings. The molecule has 114 valence electrons. The first kappa shape index (κ1) is 16.7. The molecule has 1 fully saturated rings. The van der Waals surface area contributed by atoms with Crippen molar-refractivity contribution in [1.29, 1.82) is 0 Å². The van der Waals surface area contributed by atoms with Gasteiger partial charge in [0.25, 0.3) is 0 Å². The molecule has 0 aromatic heterocycles.